The number of hydrogen-bond acceptors (Lipinski definition) is 5. The Kier molecular flexibility index (Phi) is 9.68. The van der Waals surface area contributed by atoms with Crippen molar-refractivity contribution in [3.8, 4) is 0 Å². The van der Waals surface area contributed by atoms with Crippen molar-refractivity contribution in [2.75, 3.05) is 13.1 Å². The van der Waals surface area contributed by atoms with Crippen LogP contribution in [-0.4, -0.2) is 64.7 Å². The van der Waals surface area contributed by atoms with Crippen molar-refractivity contribution in [2.24, 2.45) is 5.92 Å². The van der Waals surface area contributed by atoms with E-state index in [1.54, 1.807) is 4.90 Å². The number of ether oxygens (including phenoxy) is 1. The average molecular weight is 564 g/mol. The van der Waals surface area contributed by atoms with Crippen molar-refractivity contribution in [3.05, 3.63) is 70.8 Å². The highest BCUT2D eigenvalue weighted by atomic mass is 16.6. The Balaban J connectivity index is 1.29. The predicted molar refractivity (Wildman–Crippen MR) is 154 cm³/mol. The number of carbonyl (C=O) groups is 4. The molecule has 4 rings (SSSR count). The van der Waals surface area contributed by atoms with Gasteiger partial charge < -0.3 is 25.4 Å². The van der Waals surface area contributed by atoms with Gasteiger partial charge in [0.15, 0.2) is 0 Å². The molecule has 41 heavy (non-hydrogen) atoms. The predicted octanol–water partition coefficient (Wildman–Crippen LogP) is 3.66. The lowest BCUT2D eigenvalue weighted by Crippen LogP contribution is -2.42. The van der Waals surface area contributed by atoms with Crippen molar-refractivity contribution in [1.82, 2.24) is 15.5 Å². The third-order valence-electron chi connectivity index (χ3n) is 7.58. The molecule has 1 fully saturated rings. The standard InChI is InChI=1S/C32H41N3O6/c1-32(2,3)41-31(40)34-26-16-23-12-11-22(14-24(23)17-26)15-28(36)33-20-27-18-25(19-29(37)38)30(39)35(27)13-7-10-21-8-5-4-6-9-21/h4-6,8-9,11-12,14,25-27H,7,10,13,15-20H2,1-3H3,(H,33,36)(H,34,40)(H,37,38)/t25-,26?,27-/m0/s1. The molecule has 3 atom stereocenters. The smallest absolute Gasteiger partial charge is 0.407 e. The first kappa shape index (κ1) is 30.1. The number of carboxylic acid groups (broad SMARTS) is 1. The molecule has 0 aromatic heterocycles. The molecule has 1 unspecified atom stereocenters. The summed E-state index contributed by atoms with van der Waals surface area (Å²) in [5.74, 6) is -1.85. The molecule has 1 aliphatic carbocycles. The summed E-state index contributed by atoms with van der Waals surface area (Å²) in [6.07, 6.45) is 2.97. The molecule has 0 bridgehead atoms. The lowest BCUT2D eigenvalue weighted by atomic mass is 10.0. The Morgan fingerprint density at radius 1 is 1.02 bits per heavy atom. The van der Waals surface area contributed by atoms with Crippen LogP contribution in [0.3, 0.4) is 0 Å². The minimum absolute atomic E-state index is 0.0459. The molecular formula is C32H41N3O6. The fourth-order valence-electron chi connectivity index (χ4n) is 5.77. The topological polar surface area (TPSA) is 125 Å². The van der Waals surface area contributed by atoms with Gasteiger partial charge in [0.25, 0.3) is 0 Å². The molecule has 0 radical (unpaired) electrons. The molecule has 2 aromatic carbocycles. The number of fused-ring (bicyclic) bond motifs is 1. The molecule has 2 aliphatic rings. The molecule has 220 valence electrons. The number of aliphatic carboxylic acids is 1. The third-order valence-corrected chi connectivity index (χ3v) is 7.58. The molecule has 0 saturated carbocycles. The number of carbonyl (C=O) groups excluding carboxylic acids is 3. The number of nitrogens with one attached hydrogen (secondary N) is 2. The van der Waals surface area contributed by atoms with Crippen LogP contribution in [0.2, 0.25) is 0 Å². The minimum atomic E-state index is -0.989. The normalized spacial score (nSPS) is 20.0. The molecule has 9 nitrogen and oxygen atoms in total. The summed E-state index contributed by atoms with van der Waals surface area (Å²) in [5, 5.41) is 15.2. The summed E-state index contributed by atoms with van der Waals surface area (Å²) in [6.45, 7) is 6.30. The van der Waals surface area contributed by atoms with E-state index in [0.29, 0.717) is 32.4 Å². The first-order chi connectivity index (χ1) is 19.5. The van der Waals surface area contributed by atoms with Crippen molar-refractivity contribution in [3.63, 3.8) is 0 Å². The van der Waals surface area contributed by atoms with E-state index in [2.05, 4.69) is 10.6 Å². The molecule has 3 amide bonds. The summed E-state index contributed by atoms with van der Waals surface area (Å²) < 4.78 is 5.37. The van der Waals surface area contributed by atoms with Gasteiger partial charge in [0.1, 0.15) is 5.60 Å². The van der Waals surface area contributed by atoms with Gasteiger partial charge >= 0.3 is 12.1 Å². The van der Waals surface area contributed by atoms with E-state index in [4.69, 9.17) is 4.74 Å². The number of carboxylic acids is 1. The Labute approximate surface area is 241 Å². The highest BCUT2D eigenvalue weighted by Crippen LogP contribution is 2.28. The maximum atomic E-state index is 13.0. The number of nitrogens with zero attached hydrogens (tertiary/aromatic N) is 1. The Bertz CT molecular complexity index is 1260. The average Bonchev–Trinajstić information content (AvgIpc) is 3.41. The number of benzene rings is 2. The Morgan fingerprint density at radius 3 is 2.46 bits per heavy atom. The fourth-order valence-corrected chi connectivity index (χ4v) is 5.77. The molecule has 3 N–H and O–H groups in total. The zero-order valence-electron chi connectivity index (χ0n) is 24.2. The Hall–Kier alpha value is -3.88. The van der Waals surface area contributed by atoms with Crippen LogP contribution < -0.4 is 10.6 Å². The highest BCUT2D eigenvalue weighted by molar-refractivity contribution is 5.85. The quantitative estimate of drug-likeness (QED) is 0.383. The van der Waals surface area contributed by atoms with Crippen molar-refractivity contribution < 1.29 is 29.0 Å². The van der Waals surface area contributed by atoms with Gasteiger partial charge in [-0.1, -0.05) is 48.5 Å². The van der Waals surface area contributed by atoms with Crippen LogP contribution in [0.4, 0.5) is 4.79 Å². The maximum Gasteiger partial charge on any atom is 0.407 e. The summed E-state index contributed by atoms with van der Waals surface area (Å²) >= 11 is 0. The second-order valence-electron chi connectivity index (χ2n) is 12.1. The van der Waals surface area contributed by atoms with E-state index in [0.717, 1.165) is 29.5 Å². The van der Waals surface area contributed by atoms with Gasteiger partial charge in [-0.05, 0) is 75.1 Å². The molecule has 1 aliphatic heterocycles. The molecular weight excluding hydrogens is 522 g/mol. The van der Waals surface area contributed by atoms with Crippen LogP contribution in [0.1, 0.15) is 62.3 Å². The van der Waals surface area contributed by atoms with E-state index in [1.807, 2.05) is 69.3 Å². The van der Waals surface area contributed by atoms with E-state index < -0.39 is 23.6 Å². The largest absolute Gasteiger partial charge is 0.481 e. The maximum absolute atomic E-state index is 13.0. The fraction of sp³-hybridized carbons (Fsp3) is 0.500. The van der Waals surface area contributed by atoms with Crippen molar-refractivity contribution >= 4 is 23.9 Å². The lowest BCUT2D eigenvalue weighted by Gasteiger charge is -2.25. The molecule has 0 spiro atoms. The number of aryl methyl sites for hydroxylation is 1. The van der Waals surface area contributed by atoms with Crippen LogP contribution in [0.25, 0.3) is 0 Å². The summed E-state index contributed by atoms with van der Waals surface area (Å²) in [6, 6.07) is 15.7. The van der Waals surface area contributed by atoms with Crippen LogP contribution in [0, 0.1) is 5.92 Å². The number of rotatable bonds is 11. The molecule has 1 saturated heterocycles. The molecule has 1 heterocycles. The van der Waals surface area contributed by atoms with Crippen LogP contribution in [0.5, 0.6) is 0 Å². The third kappa shape index (κ3) is 8.80. The van der Waals surface area contributed by atoms with Gasteiger partial charge in [-0.15, -0.1) is 0 Å². The monoisotopic (exact) mass is 563 g/mol. The van der Waals surface area contributed by atoms with E-state index in [1.165, 1.54) is 5.56 Å². The van der Waals surface area contributed by atoms with E-state index >= 15 is 0 Å². The van der Waals surface area contributed by atoms with Crippen LogP contribution in [-0.2, 0) is 44.8 Å². The van der Waals surface area contributed by atoms with Gasteiger partial charge in [-0.3, -0.25) is 14.4 Å². The molecule has 9 heteroatoms. The second-order valence-corrected chi connectivity index (χ2v) is 12.1. The SMILES string of the molecule is CC(C)(C)OC(=O)NC1Cc2ccc(CC(=O)NC[C@@H]3C[C@@H](CC(=O)O)C(=O)N3CCCc3ccccc3)cc2C1. The van der Waals surface area contributed by atoms with E-state index in [-0.39, 0.29) is 36.7 Å². The van der Waals surface area contributed by atoms with Gasteiger partial charge in [0.2, 0.25) is 11.8 Å². The van der Waals surface area contributed by atoms with Crippen molar-refractivity contribution in [1.29, 1.82) is 0 Å². The summed E-state index contributed by atoms with van der Waals surface area (Å²) in [5.41, 5.74) is 3.77. The van der Waals surface area contributed by atoms with Gasteiger partial charge in [0.05, 0.1) is 18.8 Å². The zero-order chi connectivity index (χ0) is 29.6. The van der Waals surface area contributed by atoms with Gasteiger partial charge in [-0.25, -0.2) is 4.79 Å². The Morgan fingerprint density at radius 2 is 1.76 bits per heavy atom. The van der Waals surface area contributed by atoms with Gasteiger partial charge in [0, 0.05) is 25.2 Å². The lowest BCUT2D eigenvalue weighted by molar-refractivity contribution is -0.142. The zero-order valence-corrected chi connectivity index (χ0v) is 24.2. The highest BCUT2D eigenvalue weighted by Gasteiger charge is 2.40. The second kappa shape index (κ2) is 13.2. The first-order valence-electron chi connectivity index (χ1n) is 14.4. The minimum Gasteiger partial charge on any atom is -0.481 e. The van der Waals surface area contributed by atoms with E-state index in [9.17, 15) is 24.3 Å². The summed E-state index contributed by atoms with van der Waals surface area (Å²) in [4.78, 5) is 51.1. The number of hydrogen-bond donors (Lipinski definition) is 3. The van der Waals surface area contributed by atoms with Crippen molar-refractivity contribution in [2.45, 2.75) is 83.4 Å². The number of amides is 3. The number of likely N-dealkylation sites (tertiary alicyclic amines) is 1. The van der Waals surface area contributed by atoms with Crippen LogP contribution in [0.15, 0.2) is 48.5 Å². The molecule has 2 aromatic rings. The number of alkyl carbamates (subject to hydrolysis) is 1. The summed E-state index contributed by atoms with van der Waals surface area (Å²) in [7, 11) is 0. The first-order valence-corrected chi connectivity index (χ1v) is 14.4. The van der Waals surface area contributed by atoms with Crippen LogP contribution >= 0.6 is 0 Å². The van der Waals surface area contributed by atoms with Gasteiger partial charge in [-0.2, -0.15) is 0 Å².